The van der Waals surface area contributed by atoms with Gasteiger partial charge in [0.15, 0.2) is 5.78 Å². The predicted molar refractivity (Wildman–Crippen MR) is 117 cm³/mol. The van der Waals surface area contributed by atoms with Crippen molar-refractivity contribution in [2.24, 2.45) is 0 Å². The zero-order chi connectivity index (χ0) is 23.8. The SMILES string of the molecule is O=C1C=CC(=C(c2cccc(C(=O)O)c2)c2ccc(O)c(S(=O)(=O)O)c2)C=C1S(=O)(=O)O.[Ca]. The Bertz CT molecular complexity index is 1470. The van der Waals surface area contributed by atoms with Crippen LogP contribution < -0.4 is 0 Å². The van der Waals surface area contributed by atoms with Gasteiger partial charge in [0.1, 0.15) is 15.6 Å². The van der Waals surface area contributed by atoms with E-state index in [-0.39, 0.29) is 65.6 Å². The summed E-state index contributed by atoms with van der Waals surface area (Å²) in [6, 6.07) is 8.43. The molecule has 0 atom stereocenters. The summed E-state index contributed by atoms with van der Waals surface area (Å²) in [5.41, 5.74) is 0.119. The zero-order valence-corrected chi connectivity index (χ0v) is 20.4. The second kappa shape index (κ2) is 9.89. The molecule has 0 amide bonds. The Morgan fingerprint density at radius 3 is 2.00 bits per heavy atom. The summed E-state index contributed by atoms with van der Waals surface area (Å²) in [6.07, 6.45) is 2.91. The molecule has 0 bridgehead atoms. The van der Waals surface area contributed by atoms with Crippen LogP contribution in [0.15, 0.2) is 76.1 Å². The van der Waals surface area contributed by atoms with E-state index in [0.717, 1.165) is 24.3 Å². The molecular formula is C20H14CaO10S2. The second-order valence-electron chi connectivity index (χ2n) is 6.56. The minimum atomic E-state index is -4.91. The first-order valence-corrected chi connectivity index (χ1v) is 11.5. The average Bonchev–Trinajstić information content (AvgIpc) is 2.69. The van der Waals surface area contributed by atoms with E-state index in [9.17, 15) is 45.7 Å². The number of aromatic hydroxyl groups is 1. The molecule has 0 fully saturated rings. The van der Waals surface area contributed by atoms with Gasteiger partial charge in [0.2, 0.25) is 0 Å². The van der Waals surface area contributed by atoms with Gasteiger partial charge < -0.3 is 10.2 Å². The van der Waals surface area contributed by atoms with E-state index >= 15 is 0 Å². The Kier molecular flexibility index (Phi) is 8.07. The van der Waals surface area contributed by atoms with Crippen LogP contribution in [0, 0.1) is 0 Å². The van der Waals surface area contributed by atoms with Crippen LogP contribution in [-0.2, 0) is 25.0 Å². The van der Waals surface area contributed by atoms with Crippen LogP contribution in [0.5, 0.6) is 5.75 Å². The fourth-order valence-corrected chi connectivity index (χ4v) is 4.26. The Morgan fingerprint density at radius 1 is 0.818 bits per heavy atom. The number of phenols is 1. The first-order chi connectivity index (χ1) is 14.8. The minimum Gasteiger partial charge on any atom is -0.506 e. The molecule has 2 aromatic carbocycles. The van der Waals surface area contributed by atoms with Crippen molar-refractivity contribution in [2.45, 2.75) is 4.90 Å². The van der Waals surface area contributed by atoms with Gasteiger partial charge in [-0.25, -0.2) is 4.79 Å². The number of carbonyl (C=O) groups is 2. The molecular weight excluding hydrogens is 504 g/mol. The molecule has 0 aliphatic heterocycles. The molecule has 168 valence electrons. The van der Waals surface area contributed by atoms with E-state index in [0.29, 0.717) is 0 Å². The number of benzene rings is 2. The standard InChI is InChI=1S/C20H14O10S2.Ca/c21-15-6-4-12(9-17(15)31(25,26)27)19(11-2-1-3-14(8-11)20(23)24)13-5-7-16(22)18(10-13)32(28,29)30;/h1-10,21H,(H,23,24)(H,25,26,27)(H,28,29,30);. The molecule has 10 nitrogen and oxygen atoms in total. The maximum atomic E-state index is 11.9. The fraction of sp³-hybridized carbons (Fsp3) is 0. The summed E-state index contributed by atoms with van der Waals surface area (Å²) in [4.78, 5) is 21.5. The molecule has 13 heteroatoms. The smallest absolute Gasteiger partial charge is 0.335 e. The first-order valence-electron chi connectivity index (χ1n) is 8.59. The van der Waals surface area contributed by atoms with Crippen LogP contribution >= 0.6 is 0 Å². The van der Waals surface area contributed by atoms with Crippen molar-refractivity contribution in [1.82, 2.24) is 0 Å². The Hall–Kier alpha value is -2.32. The fourth-order valence-electron chi connectivity index (χ4n) is 3.05. The molecule has 0 heterocycles. The van der Waals surface area contributed by atoms with E-state index < -0.39 is 47.5 Å². The van der Waals surface area contributed by atoms with Crippen molar-refractivity contribution < 1.29 is 45.7 Å². The van der Waals surface area contributed by atoms with E-state index in [2.05, 4.69) is 0 Å². The quantitative estimate of drug-likeness (QED) is 0.335. The number of hydrogen-bond acceptors (Lipinski definition) is 7. The third-order valence-corrected chi connectivity index (χ3v) is 6.19. The van der Waals surface area contributed by atoms with Crippen molar-refractivity contribution in [3.05, 3.63) is 87.9 Å². The first kappa shape index (κ1) is 26.9. The van der Waals surface area contributed by atoms with E-state index in [4.69, 9.17) is 0 Å². The molecule has 2 radical (unpaired) electrons. The summed E-state index contributed by atoms with van der Waals surface area (Å²) in [6.45, 7) is 0. The normalized spacial score (nSPS) is 15.5. The molecule has 1 aliphatic rings. The van der Waals surface area contributed by atoms with Gasteiger partial charge in [0.25, 0.3) is 20.2 Å². The van der Waals surface area contributed by atoms with Gasteiger partial charge in [0.05, 0.1) is 5.56 Å². The van der Waals surface area contributed by atoms with E-state index in [1.54, 1.807) is 0 Å². The van der Waals surface area contributed by atoms with Crippen molar-refractivity contribution in [1.29, 1.82) is 0 Å². The van der Waals surface area contributed by atoms with Gasteiger partial charge in [-0.05, 0) is 58.7 Å². The van der Waals surface area contributed by atoms with Crippen molar-refractivity contribution in [3.63, 3.8) is 0 Å². The van der Waals surface area contributed by atoms with Crippen LogP contribution in [-0.4, -0.2) is 85.6 Å². The molecule has 4 N–H and O–H groups in total. The zero-order valence-electron chi connectivity index (χ0n) is 16.5. The number of rotatable bonds is 5. The van der Waals surface area contributed by atoms with Gasteiger partial charge in [-0.1, -0.05) is 24.3 Å². The molecule has 2 aromatic rings. The summed E-state index contributed by atoms with van der Waals surface area (Å²) < 4.78 is 65.2. The molecule has 33 heavy (non-hydrogen) atoms. The molecule has 0 aromatic heterocycles. The van der Waals surface area contributed by atoms with Crippen LogP contribution in [0.1, 0.15) is 21.5 Å². The molecule has 3 rings (SSSR count). The molecule has 0 spiro atoms. The summed E-state index contributed by atoms with van der Waals surface area (Å²) in [5, 5.41) is 19.1. The van der Waals surface area contributed by atoms with Crippen LogP contribution in [0.25, 0.3) is 5.57 Å². The second-order valence-corrected chi connectivity index (χ2v) is 9.34. The number of allylic oxidation sites excluding steroid dienone is 5. The number of aromatic carboxylic acids is 1. The molecule has 1 aliphatic carbocycles. The van der Waals surface area contributed by atoms with Gasteiger partial charge in [-0.3, -0.25) is 13.9 Å². The van der Waals surface area contributed by atoms with Crippen LogP contribution in [0.4, 0.5) is 0 Å². The summed E-state index contributed by atoms with van der Waals surface area (Å²) in [5.74, 6) is -3.04. The minimum absolute atomic E-state index is 0. The number of carboxylic acid groups (broad SMARTS) is 1. The molecule has 0 unspecified atom stereocenters. The number of carboxylic acids is 1. The monoisotopic (exact) mass is 518 g/mol. The van der Waals surface area contributed by atoms with Gasteiger partial charge in [-0.2, -0.15) is 16.8 Å². The van der Waals surface area contributed by atoms with Crippen molar-refractivity contribution >= 4 is 75.3 Å². The van der Waals surface area contributed by atoms with Crippen LogP contribution in [0.3, 0.4) is 0 Å². The number of hydrogen-bond donors (Lipinski definition) is 4. The maximum Gasteiger partial charge on any atom is 0.335 e. The molecule has 0 saturated carbocycles. The third-order valence-electron chi connectivity index (χ3n) is 4.43. The predicted octanol–water partition coefficient (Wildman–Crippen LogP) is 1.67. The largest absolute Gasteiger partial charge is 0.506 e. The molecule has 0 saturated heterocycles. The summed E-state index contributed by atoms with van der Waals surface area (Å²) in [7, 11) is -9.77. The Labute approximate surface area is 218 Å². The average molecular weight is 519 g/mol. The summed E-state index contributed by atoms with van der Waals surface area (Å²) >= 11 is 0. The van der Waals surface area contributed by atoms with E-state index in [1.165, 1.54) is 36.4 Å². The van der Waals surface area contributed by atoms with Crippen molar-refractivity contribution in [2.75, 3.05) is 0 Å². The van der Waals surface area contributed by atoms with E-state index in [1.807, 2.05) is 0 Å². The van der Waals surface area contributed by atoms with Gasteiger partial charge in [-0.15, -0.1) is 0 Å². The topological polar surface area (TPSA) is 183 Å². The van der Waals surface area contributed by atoms with Crippen LogP contribution in [0.2, 0.25) is 0 Å². The maximum absolute atomic E-state index is 11.9. The Morgan fingerprint density at radius 2 is 1.42 bits per heavy atom. The number of ketones is 1. The van der Waals surface area contributed by atoms with Crippen molar-refractivity contribution in [3.8, 4) is 5.75 Å². The number of carbonyl (C=O) groups excluding carboxylic acids is 1. The number of phenolic OH excluding ortho intramolecular Hbond substituents is 1. The Balaban J connectivity index is 0.00000385. The van der Waals surface area contributed by atoms with Gasteiger partial charge in [0, 0.05) is 37.7 Å². The van der Waals surface area contributed by atoms with Gasteiger partial charge >= 0.3 is 5.97 Å². The third kappa shape index (κ3) is 5.98.